The highest BCUT2D eigenvalue weighted by Crippen LogP contribution is 2.21. The van der Waals surface area contributed by atoms with E-state index in [9.17, 15) is 17.6 Å². The molecule has 156 valence electrons. The Bertz CT molecular complexity index is 961. The minimum absolute atomic E-state index is 0.0518. The number of nitrogens with zero attached hydrogens (tertiary/aromatic N) is 2. The van der Waals surface area contributed by atoms with E-state index in [0.29, 0.717) is 30.1 Å². The first kappa shape index (κ1) is 21.4. The number of carbonyl (C=O) groups is 1. The summed E-state index contributed by atoms with van der Waals surface area (Å²) in [7, 11) is -3.85. The minimum Gasteiger partial charge on any atom is -0.325 e. The Morgan fingerprint density at radius 2 is 1.72 bits per heavy atom. The van der Waals surface area contributed by atoms with Gasteiger partial charge in [-0.25, -0.2) is 4.39 Å². The lowest BCUT2D eigenvalue weighted by molar-refractivity contribution is -0.116. The maximum absolute atomic E-state index is 13.9. The van der Waals surface area contributed by atoms with Gasteiger partial charge in [-0.3, -0.25) is 4.79 Å². The number of amides is 1. The van der Waals surface area contributed by atoms with Crippen molar-refractivity contribution in [3.63, 3.8) is 0 Å². The molecule has 1 heterocycles. The topological polar surface area (TPSA) is 69.7 Å². The van der Waals surface area contributed by atoms with Crippen molar-refractivity contribution in [2.45, 2.75) is 32.7 Å². The van der Waals surface area contributed by atoms with Gasteiger partial charge in [-0.15, -0.1) is 0 Å². The van der Waals surface area contributed by atoms with Crippen LogP contribution in [0.2, 0.25) is 0 Å². The Labute approximate surface area is 171 Å². The summed E-state index contributed by atoms with van der Waals surface area (Å²) in [6.45, 7) is 4.40. The van der Waals surface area contributed by atoms with E-state index in [1.165, 1.54) is 10.4 Å². The molecule has 1 saturated heterocycles. The van der Waals surface area contributed by atoms with Crippen LogP contribution in [0.15, 0.2) is 48.5 Å². The van der Waals surface area contributed by atoms with E-state index in [0.717, 1.165) is 9.87 Å². The van der Waals surface area contributed by atoms with E-state index >= 15 is 0 Å². The summed E-state index contributed by atoms with van der Waals surface area (Å²) in [5.74, 6) is -0.459. The third-order valence-electron chi connectivity index (χ3n) is 4.95. The maximum atomic E-state index is 13.9. The van der Waals surface area contributed by atoms with Crippen LogP contribution < -0.4 is 5.32 Å². The number of benzene rings is 2. The van der Waals surface area contributed by atoms with Crippen LogP contribution in [0.25, 0.3) is 0 Å². The third-order valence-corrected chi connectivity index (χ3v) is 6.88. The lowest BCUT2D eigenvalue weighted by atomic mass is 10.0. The van der Waals surface area contributed by atoms with E-state index in [-0.39, 0.29) is 19.6 Å². The van der Waals surface area contributed by atoms with Gasteiger partial charge >= 0.3 is 0 Å². The summed E-state index contributed by atoms with van der Waals surface area (Å²) in [6, 6.07) is 13.6. The summed E-state index contributed by atoms with van der Waals surface area (Å²) in [5.41, 5.74) is 2.09. The highest BCUT2D eigenvalue weighted by Gasteiger charge is 2.35. The number of rotatable bonds is 6. The first-order valence-corrected chi connectivity index (χ1v) is 11.1. The van der Waals surface area contributed by atoms with E-state index < -0.39 is 21.9 Å². The van der Waals surface area contributed by atoms with Crippen LogP contribution in [-0.2, 0) is 21.5 Å². The number of carbonyl (C=O) groups excluding carboxylic acids is 1. The fourth-order valence-electron chi connectivity index (χ4n) is 3.27. The Morgan fingerprint density at radius 1 is 1.07 bits per heavy atom. The zero-order chi connectivity index (χ0) is 21.0. The first-order valence-electron chi connectivity index (χ1n) is 9.66. The molecular formula is C21H26FN3O3S. The van der Waals surface area contributed by atoms with Crippen LogP contribution in [0.5, 0.6) is 0 Å². The summed E-state index contributed by atoms with van der Waals surface area (Å²) >= 11 is 0. The Hall–Kier alpha value is -2.29. The quantitative estimate of drug-likeness (QED) is 0.781. The van der Waals surface area contributed by atoms with Crippen LogP contribution in [0.4, 0.5) is 10.1 Å². The predicted molar refractivity (Wildman–Crippen MR) is 111 cm³/mol. The van der Waals surface area contributed by atoms with Crippen LogP contribution >= 0.6 is 0 Å². The number of nitrogens with one attached hydrogen (secondary N) is 1. The summed E-state index contributed by atoms with van der Waals surface area (Å²) in [5, 5.41) is 2.74. The van der Waals surface area contributed by atoms with Crippen LogP contribution in [-0.4, -0.2) is 42.6 Å². The molecule has 2 aromatic rings. The Balaban J connectivity index is 1.65. The average molecular weight is 420 g/mol. The standard InChI is InChI=1S/C21H26FN3O3S/c1-16(2)17-8-10-19(11-9-17)23-21(26)15-25-13-5-12-24(29(25,27)28)14-18-6-3-4-7-20(18)22/h3-4,6-11,16H,5,12-15H2,1-2H3,(H,23,26). The van der Waals surface area contributed by atoms with Gasteiger partial charge in [0.25, 0.3) is 10.2 Å². The fraction of sp³-hybridized carbons (Fsp3) is 0.381. The highest BCUT2D eigenvalue weighted by molar-refractivity contribution is 7.86. The molecule has 0 atom stereocenters. The number of anilines is 1. The van der Waals surface area contributed by atoms with Crippen molar-refractivity contribution in [2.75, 3.05) is 25.0 Å². The molecule has 0 saturated carbocycles. The van der Waals surface area contributed by atoms with Crippen molar-refractivity contribution in [2.24, 2.45) is 0 Å². The van der Waals surface area contributed by atoms with Crippen molar-refractivity contribution < 1.29 is 17.6 Å². The normalized spacial score (nSPS) is 17.4. The van der Waals surface area contributed by atoms with Crippen LogP contribution in [0.1, 0.15) is 37.3 Å². The van der Waals surface area contributed by atoms with Gasteiger partial charge < -0.3 is 5.32 Å². The maximum Gasteiger partial charge on any atom is 0.282 e. The molecule has 0 unspecified atom stereocenters. The minimum atomic E-state index is -3.85. The van der Waals surface area contributed by atoms with E-state index in [1.54, 1.807) is 18.2 Å². The molecule has 8 heteroatoms. The van der Waals surface area contributed by atoms with Gasteiger partial charge in [0.05, 0.1) is 6.54 Å². The molecule has 0 radical (unpaired) electrons. The summed E-state index contributed by atoms with van der Waals surface area (Å²) in [6.07, 6.45) is 0.573. The van der Waals surface area contributed by atoms with Crippen molar-refractivity contribution >= 4 is 21.8 Å². The number of hydrogen-bond donors (Lipinski definition) is 1. The molecule has 2 aromatic carbocycles. The molecule has 0 spiro atoms. The zero-order valence-corrected chi connectivity index (χ0v) is 17.5. The molecule has 3 rings (SSSR count). The van der Waals surface area contributed by atoms with Crippen molar-refractivity contribution in [1.82, 2.24) is 8.61 Å². The second-order valence-corrected chi connectivity index (χ2v) is 9.37. The molecule has 1 fully saturated rings. The highest BCUT2D eigenvalue weighted by atomic mass is 32.2. The lowest BCUT2D eigenvalue weighted by Gasteiger charge is -2.34. The SMILES string of the molecule is CC(C)c1ccc(NC(=O)CN2CCCN(Cc3ccccc3F)S2(=O)=O)cc1. The molecule has 1 aliphatic rings. The van der Waals surface area contributed by atoms with Gasteiger partial charge in [-0.2, -0.15) is 17.0 Å². The molecule has 0 aromatic heterocycles. The third kappa shape index (κ3) is 5.20. The number of halogens is 1. The molecule has 0 bridgehead atoms. The lowest BCUT2D eigenvalue weighted by Crippen LogP contribution is -2.51. The molecule has 1 amide bonds. The van der Waals surface area contributed by atoms with Gasteiger partial charge in [-0.1, -0.05) is 44.2 Å². The van der Waals surface area contributed by atoms with Gasteiger partial charge in [0.2, 0.25) is 5.91 Å². The second-order valence-electron chi connectivity index (χ2n) is 7.44. The van der Waals surface area contributed by atoms with Crippen molar-refractivity contribution in [3.8, 4) is 0 Å². The molecular weight excluding hydrogens is 393 g/mol. The second kappa shape index (κ2) is 9.02. The smallest absolute Gasteiger partial charge is 0.282 e. The largest absolute Gasteiger partial charge is 0.325 e. The monoisotopic (exact) mass is 419 g/mol. The molecule has 0 aliphatic carbocycles. The van der Waals surface area contributed by atoms with Crippen LogP contribution in [0, 0.1) is 5.82 Å². The van der Waals surface area contributed by atoms with Crippen molar-refractivity contribution in [3.05, 3.63) is 65.5 Å². The molecule has 1 N–H and O–H groups in total. The Morgan fingerprint density at radius 3 is 2.38 bits per heavy atom. The molecule has 6 nitrogen and oxygen atoms in total. The number of hydrogen-bond acceptors (Lipinski definition) is 3. The van der Waals surface area contributed by atoms with Crippen molar-refractivity contribution in [1.29, 1.82) is 0 Å². The Kier molecular flexibility index (Phi) is 6.66. The van der Waals surface area contributed by atoms with Gasteiger partial charge in [-0.05, 0) is 36.1 Å². The summed E-state index contributed by atoms with van der Waals surface area (Å²) < 4.78 is 42.1. The van der Waals surface area contributed by atoms with E-state index in [1.807, 2.05) is 24.3 Å². The molecule has 1 aliphatic heterocycles. The van der Waals surface area contributed by atoms with Gasteiger partial charge in [0.15, 0.2) is 0 Å². The predicted octanol–water partition coefficient (Wildman–Crippen LogP) is 3.34. The van der Waals surface area contributed by atoms with E-state index in [2.05, 4.69) is 19.2 Å². The first-order chi connectivity index (χ1) is 13.8. The van der Waals surface area contributed by atoms with Crippen LogP contribution in [0.3, 0.4) is 0 Å². The van der Waals surface area contributed by atoms with Gasteiger partial charge in [0, 0.05) is 30.9 Å². The van der Waals surface area contributed by atoms with Gasteiger partial charge in [0.1, 0.15) is 5.82 Å². The van der Waals surface area contributed by atoms with E-state index in [4.69, 9.17) is 0 Å². The summed E-state index contributed by atoms with van der Waals surface area (Å²) in [4.78, 5) is 12.4. The zero-order valence-electron chi connectivity index (χ0n) is 16.6. The average Bonchev–Trinajstić information content (AvgIpc) is 2.67. The fourth-order valence-corrected chi connectivity index (χ4v) is 4.90. The molecule has 29 heavy (non-hydrogen) atoms.